The Kier molecular flexibility index (Phi) is 16.6. The Morgan fingerprint density at radius 2 is 1.65 bits per heavy atom. The summed E-state index contributed by atoms with van der Waals surface area (Å²) in [4.78, 5) is 15.8. The molecule has 0 spiro atoms. The second-order valence-corrected chi connectivity index (χ2v) is 31.7. The van der Waals surface area contributed by atoms with E-state index in [2.05, 4.69) is 92.0 Å². The zero-order valence-corrected chi connectivity index (χ0v) is 52.3. The summed E-state index contributed by atoms with van der Waals surface area (Å²) in [5.74, 6) is 0.439. The van der Waals surface area contributed by atoms with Gasteiger partial charge in [-0.1, -0.05) is 143 Å². The highest BCUT2D eigenvalue weighted by molar-refractivity contribution is 8.77. The van der Waals surface area contributed by atoms with Crippen LogP contribution >= 0.6 is 43.2 Å². The van der Waals surface area contributed by atoms with E-state index >= 15 is 4.79 Å². The fourth-order valence-corrected chi connectivity index (χ4v) is 22.3. The maximum Gasteiger partial charge on any atom is 0.238 e. The van der Waals surface area contributed by atoms with Crippen LogP contribution in [0.4, 0.5) is 0 Å². The highest BCUT2D eigenvalue weighted by Gasteiger charge is 2.47. The average molecular weight is 1230 g/mol. The van der Waals surface area contributed by atoms with Gasteiger partial charge in [0.05, 0.1) is 28.6 Å². The summed E-state index contributed by atoms with van der Waals surface area (Å²) in [7, 11) is 6.91. The maximum atomic E-state index is 15.8. The van der Waals surface area contributed by atoms with Crippen LogP contribution in [0.5, 0.6) is 23.0 Å². The van der Waals surface area contributed by atoms with E-state index in [-0.39, 0.29) is 86.9 Å². The zero-order chi connectivity index (χ0) is 59.1. The summed E-state index contributed by atoms with van der Waals surface area (Å²) in [6, 6.07) is 29.3. The quantitative estimate of drug-likeness (QED) is 0.0603. The van der Waals surface area contributed by atoms with Crippen molar-refractivity contribution in [2.75, 3.05) is 18.9 Å². The first-order valence-electron chi connectivity index (χ1n) is 31.6. The lowest BCUT2D eigenvalue weighted by Crippen LogP contribution is -2.41. The molecule has 11 nitrogen and oxygen atoms in total. The third-order valence-electron chi connectivity index (χ3n) is 20.5. The molecule has 2 saturated heterocycles. The molecule has 3 aliphatic carbocycles. The van der Waals surface area contributed by atoms with Gasteiger partial charge in [0.2, 0.25) is 11.2 Å². The molecule has 4 aliphatic heterocycles. The van der Waals surface area contributed by atoms with Crippen LogP contribution < -0.4 is 15.5 Å². The summed E-state index contributed by atoms with van der Waals surface area (Å²) in [6.45, 7) is 5.04. The van der Waals surface area contributed by atoms with E-state index in [1.807, 2.05) is 16.9 Å². The Morgan fingerprint density at radius 1 is 0.814 bits per heavy atom. The molecule has 0 radical (unpaired) electrons. The fourth-order valence-electron chi connectivity index (χ4n) is 16.3. The van der Waals surface area contributed by atoms with E-state index in [0.717, 1.165) is 109 Å². The van der Waals surface area contributed by atoms with Crippen LogP contribution in [0, 0.1) is 17.8 Å². The number of hydrogen-bond acceptors (Lipinski definition) is 15. The molecule has 0 amide bonds. The minimum Gasteiger partial charge on any atom is -0.507 e. The van der Waals surface area contributed by atoms with Crippen molar-refractivity contribution in [2.45, 2.75) is 175 Å². The van der Waals surface area contributed by atoms with Crippen LogP contribution in [0.3, 0.4) is 0 Å². The minimum atomic E-state index is -1.01. The SMILES string of the molecule is CC(C)Cc1cc(-c2oc3cc(O)c4c(c3c(=O)c2O)O[C@@H]2C[C@@H]3c5c-4cc4c6c(ccc(c56)[C@H](SSCCC[C@@H]2O)[C@H]3O)C[C@H](CCC2(O)CCCCC2)[C@@H]4CCO)c2c(c1O)Cc1cccc(c1)[C@H]1NC[C@H](Cc3ccccc3)C[C@@H]1SSC2. The number of aromatic hydroxyl groups is 3. The number of hydrogen-bond donors (Lipinski definition) is 8. The number of aliphatic hydroxyl groups excluding tert-OH is 3. The molecule has 15 heteroatoms. The molecule has 5 heterocycles. The highest BCUT2D eigenvalue weighted by Crippen LogP contribution is 2.62. The van der Waals surface area contributed by atoms with Crippen LogP contribution in [0.2, 0.25) is 0 Å². The monoisotopic (exact) mass is 1230 g/mol. The molecule has 5 bridgehead atoms. The molecule has 7 aliphatic rings. The summed E-state index contributed by atoms with van der Waals surface area (Å²) in [6.07, 6.45) is 8.78. The molecule has 1 aromatic heterocycles. The number of fused-ring (bicyclic) bond motifs is 12. The second-order valence-electron chi connectivity index (χ2n) is 26.5. The van der Waals surface area contributed by atoms with Crippen LogP contribution in [0.15, 0.2) is 94.1 Å². The lowest BCUT2D eigenvalue weighted by Gasteiger charge is -2.44. The molecular formula is C71H79NO10S4. The lowest BCUT2D eigenvalue weighted by molar-refractivity contribution is -0.0101. The maximum absolute atomic E-state index is 15.8. The Hall–Kier alpha value is -4.81. The van der Waals surface area contributed by atoms with Crippen LogP contribution in [-0.2, 0) is 31.4 Å². The Labute approximate surface area is 519 Å². The summed E-state index contributed by atoms with van der Waals surface area (Å²) < 4.78 is 14.1. The van der Waals surface area contributed by atoms with Gasteiger partial charge in [-0.05, 0) is 186 Å². The van der Waals surface area contributed by atoms with Gasteiger partial charge >= 0.3 is 0 Å². The number of rotatable bonds is 10. The number of phenolic OH excluding ortho intramolecular Hbond substituents is 2. The molecule has 0 unspecified atom stereocenters. The first-order valence-corrected chi connectivity index (χ1v) is 36.3. The van der Waals surface area contributed by atoms with Crippen molar-refractivity contribution < 1.29 is 44.9 Å². The third kappa shape index (κ3) is 10.8. The zero-order valence-electron chi connectivity index (χ0n) is 49.1. The summed E-state index contributed by atoms with van der Waals surface area (Å²) in [5.41, 5.74) is 9.53. The number of aliphatic hydroxyl groups is 4. The number of piperidine rings is 1. The highest BCUT2D eigenvalue weighted by atomic mass is 33.1. The van der Waals surface area contributed by atoms with E-state index in [0.29, 0.717) is 72.4 Å². The van der Waals surface area contributed by atoms with E-state index in [1.165, 1.54) is 22.8 Å². The van der Waals surface area contributed by atoms with E-state index in [9.17, 15) is 35.7 Å². The Bertz CT molecular complexity index is 3790. The standard InChI is InChI=1S/C71H79NO10S4/c1-37(2)25-44-31-49(52-36-84-85-57-29-40(26-38-11-5-3-6-12-38)35-72-63(57)43-14-9-13-39(27-43)28-48(52)64(44)76)68-67(79)66(78)62-56(82-68)34-54(75)60-50-32-47-45(19-23-73)41(18-22-71(80)20-7-4-8-21-71)30-42-16-17-46-61(58(42)47)59(50)51-33-55(81-69(60)62)53(74)15-10-24-83-86-70(46)65(51)77/h3,5-6,9,11-14,16-17,27,31-32,34,37,40-41,45,51,53,55,57,63,65,70,72-77,79-80H,4,7-8,10,15,18-26,28-30,33,35-36H2,1-2H3/t40-,41+,45+,51-,53+,55-,57+,63-,65+,70+/m1/s1. The molecule has 3 fully saturated rings. The number of phenols is 2. The molecule has 6 aromatic carbocycles. The van der Waals surface area contributed by atoms with Crippen molar-refractivity contribution in [2.24, 2.45) is 17.8 Å². The van der Waals surface area contributed by atoms with Crippen molar-refractivity contribution in [3.05, 3.63) is 151 Å². The number of nitrogens with one attached hydrogen (secondary N) is 1. The summed E-state index contributed by atoms with van der Waals surface area (Å²) >= 11 is 0. The molecule has 7 aromatic rings. The average Bonchev–Trinajstić information content (AvgIpc) is 0.741. The van der Waals surface area contributed by atoms with Crippen LogP contribution in [0.25, 0.3) is 44.2 Å². The van der Waals surface area contributed by atoms with E-state index in [1.54, 1.807) is 32.4 Å². The topological polar surface area (TPSA) is 193 Å². The van der Waals surface area contributed by atoms with Gasteiger partial charge in [-0.15, -0.1) is 0 Å². The van der Waals surface area contributed by atoms with Gasteiger partial charge in [0.15, 0.2) is 5.76 Å². The van der Waals surface area contributed by atoms with E-state index in [4.69, 9.17) is 9.15 Å². The normalized spacial score (nSPS) is 26.8. The van der Waals surface area contributed by atoms with Crippen molar-refractivity contribution in [3.63, 3.8) is 0 Å². The van der Waals surface area contributed by atoms with Gasteiger partial charge in [-0.3, -0.25) is 4.79 Å². The van der Waals surface area contributed by atoms with Crippen molar-refractivity contribution in [3.8, 4) is 45.4 Å². The first kappa shape index (κ1) is 58.8. The van der Waals surface area contributed by atoms with Crippen LogP contribution in [0.1, 0.15) is 170 Å². The molecule has 10 atom stereocenters. The van der Waals surface area contributed by atoms with Crippen molar-refractivity contribution in [1.82, 2.24) is 5.32 Å². The molecule has 1 saturated carbocycles. The van der Waals surface area contributed by atoms with Gasteiger partial charge in [-0.2, -0.15) is 0 Å². The summed E-state index contributed by atoms with van der Waals surface area (Å²) in [5, 5.41) is 92.2. The largest absolute Gasteiger partial charge is 0.507 e. The van der Waals surface area contributed by atoms with Crippen molar-refractivity contribution in [1.29, 1.82) is 0 Å². The van der Waals surface area contributed by atoms with Gasteiger partial charge in [0.25, 0.3) is 0 Å². The van der Waals surface area contributed by atoms with E-state index < -0.39 is 41.0 Å². The third-order valence-corrected chi connectivity index (χ3v) is 26.1. The molecule has 8 N–H and O–H groups in total. The molecule has 14 rings (SSSR count). The minimum absolute atomic E-state index is 0.00186. The van der Waals surface area contributed by atoms with Crippen LogP contribution in [-0.4, -0.2) is 83.8 Å². The number of benzene rings is 6. The molecular weight excluding hydrogens is 1160 g/mol. The van der Waals surface area contributed by atoms with Gasteiger partial charge in [-0.25, -0.2) is 0 Å². The van der Waals surface area contributed by atoms with Gasteiger partial charge in [0, 0.05) is 58.9 Å². The predicted molar refractivity (Wildman–Crippen MR) is 350 cm³/mol. The second kappa shape index (κ2) is 24.2. The lowest BCUT2D eigenvalue weighted by atomic mass is 9.65. The first-order chi connectivity index (χ1) is 41.7. The fraction of sp³-hybridized carbons (Fsp3) is 0.479. The predicted octanol–water partition coefficient (Wildman–Crippen LogP) is 14.6. The molecule has 86 heavy (non-hydrogen) atoms. The van der Waals surface area contributed by atoms with Gasteiger partial charge in [0.1, 0.15) is 34.3 Å². The van der Waals surface area contributed by atoms with Gasteiger partial charge < -0.3 is 50.2 Å². The van der Waals surface area contributed by atoms with Crippen molar-refractivity contribution >= 4 is 64.9 Å². The molecule has 452 valence electrons. The Balaban J connectivity index is 0.943. The number of ether oxygens (including phenoxy) is 1. The smallest absolute Gasteiger partial charge is 0.238 e. The Morgan fingerprint density at radius 3 is 2.47 bits per heavy atom.